The summed E-state index contributed by atoms with van der Waals surface area (Å²) >= 11 is 0. The molecule has 0 unspecified atom stereocenters. The lowest BCUT2D eigenvalue weighted by Crippen LogP contribution is -2.19. The summed E-state index contributed by atoms with van der Waals surface area (Å²) in [5, 5.41) is 7.84. The molecule has 6 heteroatoms. The molecular weight excluding hydrogens is 278 g/mol. The average molecular weight is 299 g/mol. The molecule has 2 heterocycles. The second kappa shape index (κ2) is 6.19. The number of nitrogens with zero attached hydrogens (tertiary/aromatic N) is 4. The van der Waals surface area contributed by atoms with E-state index in [1.165, 1.54) is 5.52 Å². The fourth-order valence-corrected chi connectivity index (χ4v) is 2.74. The number of imidazole rings is 1. The highest BCUT2D eigenvalue weighted by molar-refractivity contribution is 5.74. The Bertz CT molecular complexity index is 774. The van der Waals surface area contributed by atoms with Gasteiger partial charge >= 0.3 is 0 Å². The molecule has 0 saturated heterocycles. The number of rotatable bonds is 6. The molecule has 0 aliphatic carbocycles. The highest BCUT2D eigenvalue weighted by Crippen LogP contribution is 2.20. The lowest BCUT2D eigenvalue weighted by atomic mass is 10.2. The molecule has 0 spiro atoms. The minimum Gasteiger partial charge on any atom is -0.481 e. The van der Waals surface area contributed by atoms with E-state index in [4.69, 9.17) is 4.74 Å². The van der Waals surface area contributed by atoms with Gasteiger partial charge in [0.05, 0.1) is 35.7 Å². The molecule has 0 fully saturated rings. The lowest BCUT2D eigenvalue weighted by Gasteiger charge is -2.08. The van der Waals surface area contributed by atoms with Crippen LogP contribution in [-0.2, 0) is 20.1 Å². The van der Waals surface area contributed by atoms with E-state index in [9.17, 15) is 0 Å². The Balaban J connectivity index is 1.60. The van der Waals surface area contributed by atoms with Crippen LogP contribution in [0, 0.1) is 6.92 Å². The Kier molecular flexibility index (Phi) is 4.11. The SMILES string of the molecule is COc1c(CNCCn2cnc3ccccc32)c(C)nn1C. The molecule has 1 aromatic carbocycles. The molecule has 0 aliphatic rings. The van der Waals surface area contributed by atoms with Crippen molar-refractivity contribution in [1.29, 1.82) is 0 Å². The molecule has 3 aromatic rings. The molecule has 0 aliphatic heterocycles. The Hall–Kier alpha value is -2.34. The van der Waals surface area contributed by atoms with Gasteiger partial charge in [-0.15, -0.1) is 0 Å². The zero-order valence-corrected chi connectivity index (χ0v) is 13.2. The largest absolute Gasteiger partial charge is 0.481 e. The van der Waals surface area contributed by atoms with Crippen LogP contribution in [0.5, 0.6) is 5.88 Å². The summed E-state index contributed by atoms with van der Waals surface area (Å²) < 4.78 is 9.34. The standard InChI is InChI=1S/C16H21N5O/c1-12-13(16(22-3)20(2)19-12)10-17-8-9-21-11-18-14-6-4-5-7-15(14)21/h4-7,11,17H,8-10H2,1-3H3. The maximum absolute atomic E-state index is 5.40. The van der Waals surface area contributed by atoms with E-state index in [1.54, 1.807) is 11.8 Å². The number of para-hydroxylation sites is 2. The van der Waals surface area contributed by atoms with Crippen LogP contribution in [0.25, 0.3) is 11.0 Å². The number of hydrogen-bond donors (Lipinski definition) is 1. The van der Waals surface area contributed by atoms with Gasteiger partial charge in [0.25, 0.3) is 0 Å². The van der Waals surface area contributed by atoms with Gasteiger partial charge in [0.15, 0.2) is 0 Å². The van der Waals surface area contributed by atoms with E-state index in [0.717, 1.165) is 42.3 Å². The molecule has 0 radical (unpaired) electrons. The molecule has 0 atom stereocenters. The average Bonchev–Trinajstić information content (AvgIpc) is 3.04. The van der Waals surface area contributed by atoms with Crippen molar-refractivity contribution in [1.82, 2.24) is 24.6 Å². The number of fused-ring (bicyclic) bond motifs is 1. The molecule has 116 valence electrons. The van der Waals surface area contributed by atoms with Crippen LogP contribution in [0.2, 0.25) is 0 Å². The van der Waals surface area contributed by atoms with Crippen molar-refractivity contribution in [2.75, 3.05) is 13.7 Å². The number of benzene rings is 1. The number of nitrogens with one attached hydrogen (secondary N) is 1. The van der Waals surface area contributed by atoms with Crippen LogP contribution in [0.3, 0.4) is 0 Å². The topological polar surface area (TPSA) is 56.9 Å². The van der Waals surface area contributed by atoms with Gasteiger partial charge in [0, 0.05) is 26.7 Å². The van der Waals surface area contributed by atoms with E-state index in [0.29, 0.717) is 0 Å². The third-order valence-corrected chi connectivity index (χ3v) is 3.84. The third-order valence-electron chi connectivity index (χ3n) is 3.84. The fraction of sp³-hybridized carbons (Fsp3) is 0.375. The second-order valence-corrected chi connectivity index (χ2v) is 5.30. The molecule has 3 rings (SSSR count). The number of ether oxygens (including phenoxy) is 1. The van der Waals surface area contributed by atoms with Crippen molar-refractivity contribution in [2.45, 2.75) is 20.0 Å². The van der Waals surface area contributed by atoms with Gasteiger partial charge in [-0.05, 0) is 19.1 Å². The van der Waals surface area contributed by atoms with Gasteiger partial charge in [-0.3, -0.25) is 0 Å². The highest BCUT2D eigenvalue weighted by Gasteiger charge is 2.12. The van der Waals surface area contributed by atoms with Crippen molar-refractivity contribution in [3.8, 4) is 5.88 Å². The molecule has 6 nitrogen and oxygen atoms in total. The molecule has 22 heavy (non-hydrogen) atoms. The summed E-state index contributed by atoms with van der Waals surface area (Å²) in [6, 6.07) is 8.17. The summed E-state index contributed by atoms with van der Waals surface area (Å²) in [6.07, 6.45) is 1.89. The molecule has 1 N–H and O–H groups in total. The molecule has 0 bridgehead atoms. The van der Waals surface area contributed by atoms with E-state index >= 15 is 0 Å². The zero-order valence-electron chi connectivity index (χ0n) is 13.2. The molecule has 0 saturated carbocycles. The van der Waals surface area contributed by atoms with Gasteiger partial charge < -0.3 is 14.6 Å². The van der Waals surface area contributed by atoms with Gasteiger partial charge in [0.2, 0.25) is 5.88 Å². The summed E-state index contributed by atoms with van der Waals surface area (Å²) in [4.78, 5) is 4.40. The number of hydrogen-bond acceptors (Lipinski definition) is 4. The monoisotopic (exact) mass is 299 g/mol. The summed E-state index contributed by atoms with van der Waals surface area (Å²) in [5.74, 6) is 0.818. The summed E-state index contributed by atoms with van der Waals surface area (Å²) in [6.45, 7) is 4.48. The smallest absolute Gasteiger partial charge is 0.216 e. The van der Waals surface area contributed by atoms with Crippen molar-refractivity contribution in [3.63, 3.8) is 0 Å². The van der Waals surface area contributed by atoms with Gasteiger partial charge in [-0.1, -0.05) is 12.1 Å². The lowest BCUT2D eigenvalue weighted by molar-refractivity contribution is 0.368. The Morgan fingerprint density at radius 1 is 1.27 bits per heavy atom. The van der Waals surface area contributed by atoms with Crippen LogP contribution in [0.4, 0.5) is 0 Å². The van der Waals surface area contributed by atoms with Crippen molar-refractivity contribution in [2.24, 2.45) is 7.05 Å². The number of aryl methyl sites for hydroxylation is 2. The van der Waals surface area contributed by atoms with Crippen molar-refractivity contribution >= 4 is 11.0 Å². The normalized spacial score (nSPS) is 11.2. The molecule has 0 amide bonds. The molecule has 2 aromatic heterocycles. The second-order valence-electron chi connectivity index (χ2n) is 5.30. The predicted octanol–water partition coefficient (Wildman–Crippen LogP) is 1.88. The van der Waals surface area contributed by atoms with Crippen LogP contribution in [-0.4, -0.2) is 33.0 Å². The first-order chi connectivity index (χ1) is 10.7. The number of methoxy groups -OCH3 is 1. The van der Waals surface area contributed by atoms with Crippen molar-refractivity contribution < 1.29 is 4.74 Å². The van der Waals surface area contributed by atoms with Gasteiger partial charge in [-0.2, -0.15) is 5.10 Å². The minimum absolute atomic E-state index is 0.746. The number of aromatic nitrogens is 4. The van der Waals surface area contributed by atoms with E-state index in [-0.39, 0.29) is 0 Å². The molecular formula is C16H21N5O. The van der Waals surface area contributed by atoms with E-state index in [2.05, 4.69) is 26.0 Å². The predicted molar refractivity (Wildman–Crippen MR) is 85.9 cm³/mol. The Labute approximate surface area is 129 Å². The summed E-state index contributed by atoms with van der Waals surface area (Å²) in [7, 11) is 3.57. The highest BCUT2D eigenvalue weighted by atomic mass is 16.5. The van der Waals surface area contributed by atoms with Gasteiger partial charge in [-0.25, -0.2) is 9.67 Å². The van der Waals surface area contributed by atoms with E-state index in [1.807, 2.05) is 38.5 Å². The first-order valence-electron chi connectivity index (χ1n) is 7.37. The van der Waals surface area contributed by atoms with Gasteiger partial charge in [0.1, 0.15) is 0 Å². The Morgan fingerprint density at radius 3 is 2.91 bits per heavy atom. The first kappa shape index (κ1) is 14.6. The van der Waals surface area contributed by atoms with E-state index < -0.39 is 0 Å². The first-order valence-corrected chi connectivity index (χ1v) is 7.37. The van der Waals surface area contributed by atoms with Crippen LogP contribution in [0.15, 0.2) is 30.6 Å². The third kappa shape index (κ3) is 2.69. The van der Waals surface area contributed by atoms with Crippen molar-refractivity contribution in [3.05, 3.63) is 41.9 Å². The van der Waals surface area contributed by atoms with Crippen LogP contribution >= 0.6 is 0 Å². The maximum atomic E-state index is 5.40. The quantitative estimate of drug-likeness (QED) is 0.706. The fourth-order valence-electron chi connectivity index (χ4n) is 2.74. The maximum Gasteiger partial charge on any atom is 0.216 e. The minimum atomic E-state index is 0.746. The van der Waals surface area contributed by atoms with Crippen LogP contribution in [0.1, 0.15) is 11.3 Å². The summed E-state index contributed by atoms with van der Waals surface area (Å²) in [5.41, 5.74) is 4.31. The van der Waals surface area contributed by atoms with Crippen LogP contribution < -0.4 is 10.1 Å². The Morgan fingerprint density at radius 2 is 2.09 bits per heavy atom. The zero-order chi connectivity index (χ0) is 15.5.